The molecule has 6 aromatic rings. The van der Waals surface area contributed by atoms with E-state index in [1.54, 1.807) is 34.8 Å². The number of benzene rings is 4. The van der Waals surface area contributed by atoms with E-state index >= 15 is 9.59 Å². The van der Waals surface area contributed by atoms with Crippen LogP contribution in [0.4, 0.5) is 17.1 Å². The second kappa shape index (κ2) is 21.1. The van der Waals surface area contributed by atoms with Crippen molar-refractivity contribution >= 4 is 68.9 Å². The molecule has 352 valence electrons. The Morgan fingerprint density at radius 3 is 1.28 bits per heavy atom. The van der Waals surface area contributed by atoms with E-state index in [-0.39, 0.29) is 29.2 Å². The summed E-state index contributed by atoms with van der Waals surface area (Å²) in [5.41, 5.74) is 12.5. The maximum absolute atomic E-state index is 15.5. The van der Waals surface area contributed by atoms with E-state index in [0.29, 0.717) is 29.9 Å². The van der Waals surface area contributed by atoms with Crippen molar-refractivity contribution in [3.8, 4) is 20.9 Å². The Morgan fingerprint density at radius 1 is 0.559 bits per heavy atom. The van der Waals surface area contributed by atoms with Gasteiger partial charge in [-0.3, -0.25) is 9.59 Å². The molecule has 0 bridgehead atoms. The highest BCUT2D eigenvalue weighted by Crippen LogP contribution is 2.52. The maximum Gasteiger partial charge on any atom is 0.335 e. The molecule has 0 spiro atoms. The smallest absolute Gasteiger partial charge is 0.335 e. The Labute approximate surface area is 411 Å². The lowest BCUT2D eigenvalue weighted by Crippen LogP contribution is -2.34. The molecule has 0 aliphatic carbocycles. The normalized spacial score (nSPS) is 14.6. The average molecular weight is 944 g/mol. The van der Waals surface area contributed by atoms with Crippen LogP contribution in [-0.4, -0.2) is 45.8 Å². The highest BCUT2D eigenvalue weighted by Gasteiger charge is 2.50. The van der Waals surface area contributed by atoms with E-state index in [9.17, 15) is 9.90 Å². The van der Waals surface area contributed by atoms with Crippen molar-refractivity contribution in [1.82, 2.24) is 9.80 Å². The molecule has 1 N–H and O–H groups in total. The molecule has 0 fully saturated rings. The van der Waals surface area contributed by atoms with E-state index in [4.69, 9.17) is 0 Å². The monoisotopic (exact) mass is 943 g/mol. The summed E-state index contributed by atoms with van der Waals surface area (Å²) in [6, 6.07) is 37.3. The fourth-order valence-electron chi connectivity index (χ4n) is 9.74. The fraction of sp³-hybridized carbons (Fsp3) is 0.339. The van der Waals surface area contributed by atoms with Gasteiger partial charge in [0.05, 0.1) is 37.9 Å². The van der Waals surface area contributed by atoms with E-state index in [1.165, 1.54) is 11.1 Å². The molecule has 0 saturated heterocycles. The van der Waals surface area contributed by atoms with Crippen molar-refractivity contribution < 1.29 is 19.5 Å². The lowest BCUT2D eigenvalue weighted by Gasteiger charge is -2.29. The van der Waals surface area contributed by atoms with Gasteiger partial charge in [-0.25, -0.2) is 4.79 Å². The molecule has 2 amide bonds. The molecular weight excluding hydrogens is 879 g/mol. The highest BCUT2D eigenvalue weighted by atomic mass is 32.1. The third-order valence-electron chi connectivity index (χ3n) is 13.8. The van der Waals surface area contributed by atoms with E-state index in [1.807, 2.05) is 21.9 Å². The third kappa shape index (κ3) is 9.79. The van der Waals surface area contributed by atoms with Gasteiger partial charge >= 0.3 is 5.97 Å². The number of hydrogen-bond acceptors (Lipinski definition) is 6. The lowest BCUT2D eigenvalue weighted by molar-refractivity contribution is -0.124. The Bertz CT molecular complexity index is 2800. The van der Waals surface area contributed by atoms with Crippen LogP contribution in [0.25, 0.3) is 32.3 Å². The number of unbranched alkanes of at least 4 members (excludes halogenated alkanes) is 2. The van der Waals surface area contributed by atoms with Gasteiger partial charge < -0.3 is 19.8 Å². The fourth-order valence-corrected chi connectivity index (χ4v) is 12.2. The number of amides is 2. The van der Waals surface area contributed by atoms with Crippen LogP contribution >= 0.6 is 22.7 Å². The Morgan fingerprint density at radius 2 is 0.926 bits per heavy atom. The summed E-state index contributed by atoms with van der Waals surface area (Å²) in [5.74, 6) is -0.604. The van der Waals surface area contributed by atoms with Crippen molar-refractivity contribution in [3.05, 3.63) is 158 Å². The predicted octanol–water partition coefficient (Wildman–Crippen LogP) is 15.8. The predicted molar refractivity (Wildman–Crippen MR) is 284 cm³/mol. The molecule has 0 radical (unpaired) electrons. The van der Waals surface area contributed by atoms with Gasteiger partial charge in [0.25, 0.3) is 11.8 Å². The SMILES string of the molecule is CCCCC(CC)CN1C(=O)C2=C(c3cc(C)c(-c4ccc(N(c5ccc(C)cc5)c5ccc(C)cc5)cc4)s3)N(CC(CC)CCCC)C(=O)C2=C1c1cc(C)c(-c2ccc(C(=O)O)cc2)s1. The standard InChI is InChI=1S/C59H65N3O4S2/c1-9-13-15-41(11-3)35-60-53(49-33-39(7)55(67-49)43-21-23-45(24-22-43)59(65)66)51-52(58(60)64)54(61(57(51)63)36-42(12-4)16-14-10-2)50-34-40(8)56(68-50)44-25-31-48(32-26-44)62(46-27-17-37(5)18-28-46)47-29-19-38(6)20-30-47/h17-34,41-42H,9-16,35-36H2,1-8H3,(H,65,66). The molecule has 68 heavy (non-hydrogen) atoms. The Kier molecular flexibility index (Phi) is 15.0. The molecule has 2 atom stereocenters. The number of aryl methyl sites for hydroxylation is 4. The van der Waals surface area contributed by atoms with Crippen molar-refractivity contribution in [1.29, 1.82) is 0 Å². The topological polar surface area (TPSA) is 81.2 Å². The summed E-state index contributed by atoms with van der Waals surface area (Å²) in [6.45, 7) is 18.3. The molecule has 9 heteroatoms. The van der Waals surface area contributed by atoms with E-state index in [0.717, 1.165) is 116 Å². The van der Waals surface area contributed by atoms with E-state index < -0.39 is 5.97 Å². The second-order valence-electron chi connectivity index (χ2n) is 18.8. The van der Waals surface area contributed by atoms with E-state index in [2.05, 4.69) is 145 Å². The molecule has 8 rings (SSSR count). The summed E-state index contributed by atoms with van der Waals surface area (Å²) in [4.78, 5) is 52.8. The van der Waals surface area contributed by atoms with Crippen LogP contribution in [0, 0.1) is 39.5 Å². The molecule has 0 saturated carbocycles. The minimum absolute atomic E-state index is 0.0971. The van der Waals surface area contributed by atoms with Crippen LogP contribution in [-0.2, 0) is 9.59 Å². The zero-order valence-electron chi connectivity index (χ0n) is 40.9. The van der Waals surface area contributed by atoms with Crippen LogP contribution in [0.2, 0.25) is 0 Å². The number of fused-ring (bicyclic) bond motifs is 1. The summed E-state index contributed by atoms with van der Waals surface area (Å²) < 4.78 is 0. The summed E-state index contributed by atoms with van der Waals surface area (Å²) in [6.07, 6.45) is 8.20. The number of nitrogens with zero attached hydrogens (tertiary/aromatic N) is 3. The number of hydrogen-bond donors (Lipinski definition) is 1. The molecular formula is C59H65N3O4S2. The summed E-state index contributed by atoms with van der Waals surface area (Å²) in [5, 5.41) is 9.60. The number of thiophene rings is 2. The number of carbonyl (C=O) groups is 3. The Balaban J connectivity index is 1.26. The molecule has 2 aliphatic heterocycles. The van der Waals surface area contributed by atoms with Crippen LogP contribution in [0.1, 0.15) is 121 Å². The third-order valence-corrected chi connectivity index (χ3v) is 16.4. The van der Waals surface area contributed by atoms with Gasteiger partial charge in [0.2, 0.25) is 0 Å². The zero-order chi connectivity index (χ0) is 48.2. The van der Waals surface area contributed by atoms with Gasteiger partial charge in [0, 0.05) is 39.9 Å². The lowest BCUT2D eigenvalue weighted by atomic mass is 9.98. The minimum Gasteiger partial charge on any atom is -0.478 e. The Hall–Kier alpha value is -6.03. The largest absolute Gasteiger partial charge is 0.478 e. The number of carbonyl (C=O) groups excluding carboxylic acids is 2. The number of carboxylic acid groups (broad SMARTS) is 1. The van der Waals surface area contributed by atoms with Crippen LogP contribution in [0.5, 0.6) is 0 Å². The number of aromatic carboxylic acids is 1. The van der Waals surface area contributed by atoms with Crippen molar-refractivity contribution in [2.75, 3.05) is 18.0 Å². The average Bonchev–Trinajstić information content (AvgIpc) is 4.08. The number of carboxylic acids is 1. The van der Waals surface area contributed by atoms with Gasteiger partial charge in [-0.05, 0) is 135 Å². The van der Waals surface area contributed by atoms with Gasteiger partial charge in [0.15, 0.2) is 0 Å². The van der Waals surface area contributed by atoms with Gasteiger partial charge in [-0.2, -0.15) is 0 Å². The highest BCUT2D eigenvalue weighted by molar-refractivity contribution is 7.17. The molecule has 7 nitrogen and oxygen atoms in total. The summed E-state index contributed by atoms with van der Waals surface area (Å²) >= 11 is 3.24. The van der Waals surface area contributed by atoms with Gasteiger partial charge in [-0.15, -0.1) is 22.7 Å². The first-order chi connectivity index (χ1) is 32.8. The molecule has 4 aromatic carbocycles. The quantitative estimate of drug-likeness (QED) is 0.0825. The second-order valence-corrected chi connectivity index (χ2v) is 20.9. The number of rotatable bonds is 20. The first-order valence-electron chi connectivity index (χ1n) is 24.6. The van der Waals surface area contributed by atoms with Crippen LogP contribution in [0.3, 0.4) is 0 Å². The molecule has 4 heterocycles. The first kappa shape index (κ1) is 48.4. The van der Waals surface area contributed by atoms with Crippen LogP contribution < -0.4 is 4.90 Å². The zero-order valence-corrected chi connectivity index (χ0v) is 42.6. The molecule has 2 unspecified atom stereocenters. The molecule has 2 aromatic heterocycles. The van der Waals surface area contributed by atoms with Crippen molar-refractivity contribution in [3.63, 3.8) is 0 Å². The number of anilines is 3. The van der Waals surface area contributed by atoms with Crippen molar-refractivity contribution in [2.45, 2.75) is 107 Å². The van der Waals surface area contributed by atoms with Crippen LogP contribution in [0.15, 0.2) is 120 Å². The minimum atomic E-state index is -0.967. The van der Waals surface area contributed by atoms with Gasteiger partial charge in [0.1, 0.15) is 0 Å². The van der Waals surface area contributed by atoms with Crippen molar-refractivity contribution in [2.24, 2.45) is 11.8 Å². The summed E-state index contributed by atoms with van der Waals surface area (Å²) in [7, 11) is 0. The van der Waals surface area contributed by atoms with Gasteiger partial charge in [-0.1, -0.05) is 126 Å². The first-order valence-corrected chi connectivity index (χ1v) is 26.2. The maximum atomic E-state index is 15.5. The molecule has 2 aliphatic rings.